The number of nitrogen functional groups attached to an aromatic ring is 1. The fourth-order valence-electron chi connectivity index (χ4n) is 0.852. The minimum Gasteiger partial charge on any atom is -0.489 e. The molecular weight excluding hydrogens is 224 g/mol. The van der Waals surface area contributed by atoms with Crippen LogP contribution < -0.4 is 10.5 Å². The Bertz CT molecular complexity index is 331. The zero-order chi connectivity index (χ0) is 14.4. The second-order valence-electron chi connectivity index (χ2n) is 3.25. The van der Waals surface area contributed by atoms with Crippen LogP contribution in [0.5, 0.6) is 5.75 Å². The third kappa shape index (κ3) is 10.5. The molecular formula is C15H24N2O. The summed E-state index contributed by atoms with van der Waals surface area (Å²) < 4.78 is 5.46. The number of nitrogens with two attached hydrogens (primary N) is 1. The summed E-state index contributed by atoms with van der Waals surface area (Å²) >= 11 is 0. The van der Waals surface area contributed by atoms with E-state index in [1.165, 1.54) is 6.21 Å². The molecule has 0 aliphatic rings. The van der Waals surface area contributed by atoms with Crippen LogP contribution in [0.3, 0.4) is 0 Å². The minimum atomic E-state index is 0.584. The molecule has 0 heterocycles. The summed E-state index contributed by atoms with van der Waals surface area (Å²) in [6, 6.07) is 7.37. The van der Waals surface area contributed by atoms with Gasteiger partial charge in [-0.25, -0.2) is 0 Å². The van der Waals surface area contributed by atoms with E-state index in [-0.39, 0.29) is 0 Å². The zero-order valence-corrected chi connectivity index (χ0v) is 11.4. The molecule has 0 bridgehead atoms. The Morgan fingerprint density at radius 1 is 1.33 bits per heavy atom. The van der Waals surface area contributed by atoms with E-state index in [1.54, 1.807) is 6.92 Å². The van der Waals surface area contributed by atoms with Crippen LogP contribution in [-0.2, 0) is 0 Å². The van der Waals surface area contributed by atoms with Gasteiger partial charge < -0.3 is 15.9 Å². The summed E-state index contributed by atoms with van der Waals surface area (Å²) in [6.45, 7) is 14.2. The van der Waals surface area contributed by atoms with Crippen LogP contribution in [0.1, 0.15) is 20.3 Å². The van der Waals surface area contributed by atoms with Crippen LogP contribution in [0.15, 0.2) is 49.6 Å². The average molecular weight is 248 g/mol. The van der Waals surface area contributed by atoms with Crippen molar-refractivity contribution < 1.29 is 4.74 Å². The second-order valence-corrected chi connectivity index (χ2v) is 3.25. The Morgan fingerprint density at radius 2 is 1.78 bits per heavy atom. The van der Waals surface area contributed by atoms with Crippen molar-refractivity contribution >= 4 is 11.9 Å². The Kier molecular flexibility index (Phi) is 13.3. The maximum Gasteiger partial charge on any atom is 0.119 e. The summed E-state index contributed by atoms with van der Waals surface area (Å²) in [4.78, 5) is 0. The molecule has 3 nitrogen and oxygen atoms in total. The van der Waals surface area contributed by atoms with Crippen molar-refractivity contribution in [1.82, 2.24) is 0 Å². The molecule has 3 heteroatoms. The van der Waals surface area contributed by atoms with Gasteiger partial charge in [-0.1, -0.05) is 13.5 Å². The number of rotatable bonds is 4. The van der Waals surface area contributed by atoms with Crippen LogP contribution in [0.4, 0.5) is 5.69 Å². The van der Waals surface area contributed by atoms with Gasteiger partial charge in [-0.15, -0.1) is 13.2 Å². The largest absolute Gasteiger partial charge is 0.489 e. The van der Waals surface area contributed by atoms with Crippen LogP contribution >= 0.6 is 0 Å². The van der Waals surface area contributed by atoms with Crippen LogP contribution in [0.25, 0.3) is 0 Å². The lowest BCUT2D eigenvalue weighted by Crippen LogP contribution is -1.99. The first kappa shape index (κ1) is 18.3. The lowest BCUT2D eigenvalue weighted by Gasteiger charge is -2.06. The van der Waals surface area contributed by atoms with Crippen LogP contribution in [-0.4, -0.2) is 12.8 Å². The molecule has 3 N–H and O–H groups in total. The quantitative estimate of drug-likeness (QED) is 0.479. The molecule has 0 fully saturated rings. The predicted molar refractivity (Wildman–Crippen MR) is 81.5 cm³/mol. The minimum absolute atomic E-state index is 0.584. The van der Waals surface area contributed by atoms with Gasteiger partial charge >= 0.3 is 0 Å². The van der Waals surface area contributed by atoms with Gasteiger partial charge in [0.05, 0.1) is 0 Å². The van der Waals surface area contributed by atoms with Gasteiger partial charge in [0.15, 0.2) is 0 Å². The van der Waals surface area contributed by atoms with E-state index >= 15 is 0 Å². The molecule has 0 radical (unpaired) electrons. The molecule has 0 atom stereocenters. The highest BCUT2D eigenvalue weighted by molar-refractivity contribution is 5.48. The van der Waals surface area contributed by atoms with E-state index in [2.05, 4.69) is 26.7 Å². The van der Waals surface area contributed by atoms with E-state index in [1.807, 2.05) is 24.3 Å². The van der Waals surface area contributed by atoms with Gasteiger partial charge in [-0.05, 0) is 49.4 Å². The summed E-state index contributed by atoms with van der Waals surface area (Å²) in [5.74, 6) is 0.837. The summed E-state index contributed by atoms with van der Waals surface area (Å²) in [7, 11) is 0. The summed E-state index contributed by atoms with van der Waals surface area (Å²) in [5.41, 5.74) is 7.38. The first-order valence-corrected chi connectivity index (χ1v) is 5.74. The van der Waals surface area contributed by atoms with Crippen molar-refractivity contribution in [3.8, 4) is 5.75 Å². The molecule has 0 aromatic heterocycles. The van der Waals surface area contributed by atoms with Gasteiger partial charge in [0.2, 0.25) is 0 Å². The molecule has 1 aromatic carbocycles. The maximum atomic E-state index is 6.08. The van der Waals surface area contributed by atoms with Gasteiger partial charge in [-0.2, -0.15) is 0 Å². The average Bonchev–Trinajstić information content (AvgIpc) is 2.41. The van der Waals surface area contributed by atoms with Crippen molar-refractivity contribution in [1.29, 1.82) is 5.41 Å². The highest BCUT2D eigenvalue weighted by Gasteiger charge is 1.94. The number of anilines is 1. The normalized spacial score (nSPS) is 7.89. The van der Waals surface area contributed by atoms with Crippen LogP contribution in [0.2, 0.25) is 0 Å². The van der Waals surface area contributed by atoms with Crippen molar-refractivity contribution in [3.05, 3.63) is 49.6 Å². The molecule has 0 aliphatic heterocycles. The highest BCUT2D eigenvalue weighted by atomic mass is 16.5. The number of nitrogens with one attached hydrogen (secondary N) is 1. The molecule has 0 amide bonds. The third-order valence-electron chi connectivity index (χ3n) is 1.82. The number of hydrogen-bond donors (Lipinski definition) is 2. The lowest BCUT2D eigenvalue weighted by atomic mass is 10.2. The molecule has 100 valence electrons. The van der Waals surface area contributed by atoms with Crippen molar-refractivity contribution in [2.75, 3.05) is 12.3 Å². The second kappa shape index (κ2) is 13.0. The topological polar surface area (TPSA) is 59.1 Å². The molecule has 0 saturated heterocycles. The van der Waals surface area contributed by atoms with Gasteiger partial charge in [-0.3, -0.25) is 0 Å². The predicted octanol–water partition coefficient (Wildman–Crippen LogP) is 4.07. The van der Waals surface area contributed by atoms with Crippen molar-refractivity contribution in [2.24, 2.45) is 0 Å². The van der Waals surface area contributed by atoms with E-state index in [0.717, 1.165) is 23.4 Å². The molecule has 0 spiro atoms. The Labute approximate surface area is 110 Å². The van der Waals surface area contributed by atoms with E-state index in [9.17, 15) is 0 Å². The summed E-state index contributed by atoms with van der Waals surface area (Å²) in [5, 5.41) is 6.08. The molecule has 0 aliphatic carbocycles. The Morgan fingerprint density at radius 3 is 2.17 bits per heavy atom. The van der Waals surface area contributed by atoms with E-state index < -0.39 is 0 Å². The molecule has 1 aromatic rings. The van der Waals surface area contributed by atoms with E-state index in [0.29, 0.717) is 6.61 Å². The maximum absolute atomic E-state index is 6.08. The molecule has 0 saturated carbocycles. The van der Waals surface area contributed by atoms with Gasteiger partial charge in [0, 0.05) is 5.69 Å². The zero-order valence-electron chi connectivity index (χ0n) is 11.4. The molecule has 1 rings (SSSR count). The molecule has 18 heavy (non-hydrogen) atoms. The van der Waals surface area contributed by atoms with E-state index in [4.69, 9.17) is 15.9 Å². The third-order valence-corrected chi connectivity index (χ3v) is 1.82. The number of ether oxygens (including phenoxy) is 1. The summed E-state index contributed by atoms with van der Waals surface area (Å²) in [6.07, 6.45) is 2.20. The standard InChI is InChI=1S/C11H15NO.C2H5N.C2H4/c1-3-9(2)8-13-11-6-4-10(12)5-7-11;1-2-3;1-2/h4-7H,2-3,8,12H2,1H3;2-3H,1H3;1-2H2. The highest BCUT2D eigenvalue weighted by Crippen LogP contribution is 2.13. The van der Waals surface area contributed by atoms with Crippen molar-refractivity contribution in [2.45, 2.75) is 20.3 Å². The fraction of sp³-hybridized carbons (Fsp3) is 0.267. The van der Waals surface area contributed by atoms with Gasteiger partial charge in [0.1, 0.15) is 12.4 Å². The van der Waals surface area contributed by atoms with Gasteiger partial charge in [0.25, 0.3) is 0 Å². The van der Waals surface area contributed by atoms with Crippen LogP contribution in [0, 0.1) is 5.41 Å². The molecule has 0 unspecified atom stereocenters. The Balaban J connectivity index is 0. The number of hydrogen-bond acceptors (Lipinski definition) is 3. The lowest BCUT2D eigenvalue weighted by molar-refractivity contribution is 0.349. The SMILES string of the molecule is C=C.C=C(CC)COc1ccc(N)cc1.CC=N. The fourth-order valence-corrected chi connectivity index (χ4v) is 0.852. The Hall–Kier alpha value is -2.03. The monoisotopic (exact) mass is 248 g/mol. The first-order valence-electron chi connectivity index (χ1n) is 5.74. The first-order chi connectivity index (χ1) is 8.63. The van der Waals surface area contributed by atoms with Crippen molar-refractivity contribution in [3.63, 3.8) is 0 Å². The number of benzene rings is 1. The smallest absolute Gasteiger partial charge is 0.119 e.